The van der Waals surface area contributed by atoms with E-state index in [1.165, 1.54) is 32.3 Å². The standard InChI is InChI=1S/C20H24N4O5/c1-12-7-8-23(13(2)9-12)17-6-5-15(24(28)29)10-14(17)11-16-18(25)21(3)20(27)22(4)19(16)26/h5-6,10-13H,7-9H2,1-4H3/t12-,13-/m1/s1. The molecule has 2 atom stereocenters. The van der Waals surface area contributed by atoms with Crippen molar-refractivity contribution in [2.24, 2.45) is 5.92 Å². The molecule has 2 fully saturated rings. The Bertz CT molecular complexity index is 899. The first kappa shape index (κ1) is 20.5. The zero-order valence-corrected chi connectivity index (χ0v) is 16.9. The van der Waals surface area contributed by atoms with Gasteiger partial charge in [0.2, 0.25) is 0 Å². The molecule has 3 rings (SSSR count). The van der Waals surface area contributed by atoms with E-state index < -0.39 is 22.8 Å². The molecule has 0 N–H and O–H groups in total. The third-order valence-electron chi connectivity index (χ3n) is 5.61. The van der Waals surface area contributed by atoms with Gasteiger partial charge in [0.05, 0.1) is 4.92 Å². The van der Waals surface area contributed by atoms with Gasteiger partial charge in [-0.3, -0.25) is 29.5 Å². The Morgan fingerprint density at radius 3 is 2.28 bits per heavy atom. The molecule has 0 saturated carbocycles. The maximum Gasteiger partial charge on any atom is 0.333 e. The summed E-state index contributed by atoms with van der Waals surface area (Å²) < 4.78 is 0. The van der Waals surface area contributed by atoms with E-state index in [1.807, 2.05) is 0 Å². The van der Waals surface area contributed by atoms with Gasteiger partial charge in [-0.1, -0.05) is 6.92 Å². The lowest BCUT2D eigenvalue weighted by atomic mass is 9.92. The van der Waals surface area contributed by atoms with Crippen molar-refractivity contribution in [2.75, 3.05) is 25.5 Å². The van der Waals surface area contributed by atoms with Crippen molar-refractivity contribution in [3.63, 3.8) is 0 Å². The lowest BCUT2D eigenvalue weighted by Crippen LogP contribution is -2.52. The maximum absolute atomic E-state index is 12.6. The Hall–Kier alpha value is -3.23. The largest absolute Gasteiger partial charge is 0.368 e. The molecule has 0 spiro atoms. The number of nitrogens with zero attached hydrogens (tertiary/aromatic N) is 4. The molecule has 0 unspecified atom stereocenters. The van der Waals surface area contributed by atoms with Crippen molar-refractivity contribution >= 4 is 35.3 Å². The van der Waals surface area contributed by atoms with Crippen molar-refractivity contribution in [2.45, 2.75) is 32.7 Å². The minimum atomic E-state index is -0.726. The number of hydrogen-bond donors (Lipinski definition) is 0. The van der Waals surface area contributed by atoms with Gasteiger partial charge in [0, 0.05) is 50.1 Å². The van der Waals surface area contributed by atoms with Gasteiger partial charge in [-0.2, -0.15) is 0 Å². The fourth-order valence-electron chi connectivity index (χ4n) is 3.93. The van der Waals surface area contributed by atoms with E-state index in [2.05, 4.69) is 18.7 Å². The molecule has 4 amide bonds. The van der Waals surface area contributed by atoms with Gasteiger partial charge in [-0.15, -0.1) is 0 Å². The highest BCUT2D eigenvalue weighted by Gasteiger charge is 2.38. The third-order valence-corrected chi connectivity index (χ3v) is 5.61. The van der Waals surface area contributed by atoms with Gasteiger partial charge in [0.25, 0.3) is 17.5 Å². The van der Waals surface area contributed by atoms with Crippen LogP contribution >= 0.6 is 0 Å². The quantitative estimate of drug-likeness (QED) is 0.334. The summed E-state index contributed by atoms with van der Waals surface area (Å²) in [5.74, 6) is -0.873. The molecule has 2 heterocycles. The molecule has 0 bridgehead atoms. The van der Waals surface area contributed by atoms with Crippen LogP contribution < -0.4 is 4.90 Å². The number of imide groups is 2. The summed E-state index contributed by atoms with van der Waals surface area (Å²) in [7, 11) is 2.59. The Morgan fingerprint density at radius 2 is 1.72 bits per heavy atom. The smallest absolute Gasteiger partial charge is 0.333 e. The number of hydrogen-bond acceptors (Lipinski definition) is 6. The topological polar surface area (TPSA) is 104 Å². The highest BCUT2D eigenvalue weighted by molar-refractivity contribution is 6.30. The number of piperidine rings is 1. The SMILES string of the molecule is C[C@@H]1CCN(c2ccc([N+](=O)[O-])cc2C=C2C(=O)N(C)C(=O)N(C)C2=O)[C@H](C)C1. The van der Waals surface area contributed by atoms with E-state index in [1.54, 1.807) is 6.07 Å². The van der Waals surface area contributed by atoms with E-state index in [4.69, 9.17) is 0 Å². The first-order valence-corrected chi connectivity index (χ1v) is 9.48. The normalized spacial score (nSPS) is 23.0. The summed E-state index contributed by atoms with van der Waals surface area (Å²) in [6, 6.07) is 3.95. The van der Waals surface area contributed by atoms with Crippen molar-refractivity contribution in [3.05, 3.63) is 39.4 Å². The van der Waals surface area contributed by atoms with Crippen LogP contribution in [0.1, 0.15) is 32.3 Å². The molecular formula is C20H24N4O5. The summed E-state index contributed by atoms with van der Waals surface area (Å²) in [5.41, 5.74) is 0.806. The fraction of sp³-hybridized carbons (Fsp3) is 0.450. The lowest BCUT2D eigenvalue weighted by Gasteiger charge is -2.39. The zero-order valence-electron chi connectivity index (χ0n) is 16.9. The molecule has 154 valence electrons. The number of urea groups is 1. The number of non-ortho nitro benzene ring substituents is 1. The molecule has 9 heteroatoms. The number of rotatable bonds is 3. The van der Waals surface area contributed by atoms with Crippen molar-refractivity contribution in [1.82, 2.24) is 9.80 Å². The average Bonchev–Trinajstić information content (AvgIpc) is 2.68. The van der Waals surface area contributed by atoms with Crippen LogP contribution in [0.5, 0.6) is 0 Å². The molecule has 0 aliphatic carbocycles. The van der Waals surface area contributed by atoms with Crippen molar-refractivity contribution in [3.8, 4) is 0 Å². The maximum atomic E-state index is 12.6. The van der Waals surface area contributed by atoms with Crippen molar-refractivity contribution in [1.29, 1.82) is 0 Å². The molecule has 1 aromatic carbocycles. The molecular weight excluding hydrogens is 376 g/mol. The predicted molar refractivity (Wildman–Crippen MR) is 107 cm³/mol. The van der Waals surface area contributed by atoms with E-state index in [0.29, 0.717) is 11.5 Å². The summed E-state index contributed by atoms with van der Waals surface area (Å²) >= 11 is 0. The van der Waals surface area contributed by atoms with E-state index >= 15 is 0 Å². The number of anilines is 1. The molecule has 0 aromatic heterocycles. The molecule has 9 nitrogen and oxygen atoms in total. The molecule has 2 aliphatic heterocycles. The predicted octanol–water partition coefficient (Wildman–Crippen LogP) is 2.65. The number of barbiturate groups is 1. The second-order valence-electron chi connectivity index (χ2n) is 7.74. The number of amides is 4. The molecule has 2 aliphatic rings. The Kier molecular flexibility index (Phi) is 5.41. The van der Waals surface area contributed by atoms with Gasteiger partial charge >= 0.3 is 6.03 Å². The lowest BCUT2D eigenvalue weighted by molar-refractivity contribution is -0.384. The van der Waals surface area contributed by atoms with Crippen LogP contribution in [-0.4, -0.2) is 59.3 Å². The number of likely N-dealkylation sites (N-methyl/N-ethyl adjacent to an activating group) is 2. The van der Waals surface area contributed by atoms with Gasteiger partial charge in [-0.05, 0) is 37.8 Å². The minimum absolute atomic E-state index is 0.132. The van der Waals surface area contributed by atoms with Crippen LogP contribution in [-0.2, 0) is 9.59 Å². The first-order chi connectivity index (χ1) is 13.6. The van der Waals surface area contributed by atoms with E-state index in [-0.39, 0.29) is 17.3 Å². The van der Waals surface area contributed by atoms with Gasteiger partial charge in [0.15, 0.2) is 0 Å². The second-order valence-corrected chi connectivity index (χ2v) is 7.74. The van der Waals surface area contributed by atoms with Gasteiger partial charge in [0.1, 0.15) is 5.57 Å². The summed E-state index contributed by atoms with van der Waals surface area (Å²) in [6.07, 6.45) is 3.32. The molecule has 29 heavy (non-hydrogen) atoms. The van der Waals surface area contributed by atoms with Gasteiger partial charge in [-0.25, -0.2) is 4.79 Å². The first-order valence-electron chi connectivity index (χ1n) is 9.48. The highest BCUT2D eigenvalue weighted by atomic mass is 16.6. The molecule has 1 aromatic rings. The number of carbonyl (C=O) groups excluding carboxylic acids is 3. The molecule has 2 saturated heterocycles. The van der Waals surface area contributed by atoms with Gasteiger partial charge < -0.3 is 4.90 Å². The van der Waals surface area contributed by atoms with Crippen LogP contribution in [0, 0.1) is 16.0 Å². The van der Waals surface area contributed by atoms with Crippen LogP contribution in [0.2, 0.25) is 0 Å². The number of nitro benzene ring substituents is 1. The van der Waals surface area contributed by atoms with E-state index in [9.17, 15) is 24.5 Å². The van der Waals surface area contributed by atoms with Crippen LogP contribution in [0.25, 0.3) is 6.08 Å². The monoisotopic (exact) mass is 400 g/mol. The number of nitro groups is 1. The average molecular weight is 400 g/mol. The Balaban J connectivity index is 2.11. The second kappa shape index (κ2) is 7.65. The fourth-order valence-corrected chi connectivity index (χ4v) is 3.93. The summed E-state index contributed by atoms with van der Waals surface area (Å²) in [4.78, 5) is 51.7. The Labute approximate surface area is 168 Å². The van der Waals surface area contributed by atoms with Crippen LogP contribution in [0.3, 0.4) is 0 Å². The highest BCUT2D eigenvalue weighted by Crippen LogP contribution is 2.34. The summed E-state index contributed by atoms with van der Waals surface area (Å²) in [5, 5.41) is 11.3. The molecule has 0 radical (unpaired) electrons. The summed E-state index contributed by atoms with van der Waals surface area (Å²) in [6.45, 7) is 5.05. The number of benzene rings is 1. The Morgan fingerprint density at radius 1 is 1.10 bits per heavy atom. The number of carbonyl (C=O) groups is 3. The van der Waals surface area contributed by atoms with E-state index in [0.717, 1.165) is 34.9 Å². The zero-order chi connectivity index (χ0) is 21.5. The minimum Gasteiger partial charge on any atom is -0.368 e. The van der Waals surface area contributed by atoms with Crippen LogP contribution in [0.4, 0.5) is 16.2 Å². The van der Waals surface area contributed by atoms with Crippen molar-refractivity contribution < 1.29 is 19.3 Å². The third kappa shape index (κ3) is 3.72. The van der Waals surface area contributed by atoms with Crippen LogP contribution in [0.15, 0.2) is 23.8 Å².